The number of nitrogens with one attached hydrogen (secondary N) is 2. The third-order valence-electron chi connectivity index (χ3n) is 9.11. The zero-order chi connectivity index (χ0) is 28.6. The molecule has 1 spiro atoms. The normalized spacial score (nSPS) is 20.7. The minimum absolute atomic E-state index is 0.0350. The van der Waals surface area contributed by atoms with Crippen LogP contribution in [0.3, 0.4) is 0 Å². The van der Waals surface area contributed by atoms with Crippen LogP contribution < -0.4 is 14.9 Å². The number of hydrogen-bond donors (Lipinski definition) is 2. The van der Waals surface area contributed by atoms with Gasteiger partial charge in [-0.1, -0.05) is 72.3 Å². The molecule has 214 valence electrons. The number of benzene rings is 3. The summed E-state index contributed by atoms with van der Waals surface area (Å²) in [5, 5.41) is 6.49. The fourth-order valence-corrected chi connectivity index (χ4v) is 7.55. The lowest BCUT2D eigenvalue weighted by Gasteiger charge is -2.41. The van der Waals surface area contributed by atoms with Crippen molar-refractivity contribution in [1.29, 1.82) is 0 Å². The predicted molar refractivity (Wildman–Crippen MR) is 163 cm³/mol. The van der Waals surface area contributed by atoms with Crippen molar-refractivity contribution in [3.8, 4) is 0 Å². The van der Waals surface area contributed by atoms with Crippen molar-refractivity contribution in [2.75, 3.05) is 30.2 Å². The molecule has 1 saturated heterocycles. The van der Waals surface area contributed by atoms with Gasteiger partial charge in [0.05, 0.1) is 11.7 Å². The molecule has 1 fully saturated rings. The van der Waals surface area contributed by atoms with Crippen molar-refractivity contribution < 1.29 is 13.8 Å². The molecule has 0 saturated carbocycles. The van der Waals surface area contributed by atoms with E-state index in [2.05, 4.69) is 28.8 Å². The number of aryl methyl sites for hydroxylation is 1. The average Bonchev–Trinajstić information content (AvgIpc) is 3.31. The molecule has 2 N–H and O–H groups in total. The Morgan fingerprint density at radius 3 is 2.41 bits per heavy atom. The second-order valence-corrected chi connectivity index (χ2v) is 13.0. The number of anilines is 1. The van der Waals surface area contributed by atoms with Crippen molar-refractivity contribution in [2.45, 2.75) is 56.7 Å². The van der Waals surface area contributed by atoms with E-state index in [0.717, 1.165) is 29.7 Å². The number of carbonyl (C=O) groups is 2. The Morgan fingerprint density at radius 1 is 1.00 bits per heavy atom. The van der Waals surface area contributed by atoms with Crippen LogP contribution >= 0.6 is 0 Å². The summed E-state index contributed by atoms with van der Waals surface area (Å²) >= 11 is 0. The number of carbonyl (C=O) groups excluding carboxylic acids is 2. The van der Waals surface area contributed by atoms with Crippen LogP contribution in [0.1, 0.15) is 40.7 Å². The molecule has 3 aliphatic heterocycles. The van der Waals surface area contributed by atoms with Crippen molar-refractivity contribution >= 4 is 28.5 Å². The Balaban J connectivity index is 1.18. The molecule has 1 unspecified atom stereocenters. The van der Waals surface area contributed by atoms with Crippen LogP contribution in [0.4, 0.5) is 5.69 Å². The van der Waals surface area contributed by atoms with Crippen LogP contribution in [0, 0.1) is 6.92 Å². The summed E-state index contributed by atoms with van der Waals surface area (Å²) in [5.41, 5.74) is 6.72. The smallest absolute Gasteiger partial charge is 0.245 e. The fourth-order valence-electron chi connectivity index (χ4n) is 6.69. The first-order valence-corrected chi connectivity index (χ1v) is 16.0. The number of piperidine rings is 1. The van der Waals surface area contributed by atoms with Crippen molar-refractivity contribution in [2.24, 2.45) is 0 Å². The van der Waals surface area contributed by atoms with Gasteiger partial charge < -0.3 is 15.5 Å². The van der Waals surface area contributed by atoms with E-state index in [9.17, 15) is 13.8 Å². The summed E-state index contributed by atoms with van der Waals surface area (Å²) in [6, 6.07) is 23.6. The standard InChI is InChI=1S/C33H38N4O3S/c1-23-11-13-24(14-12-23)19-29(35-31(38)28-20-25-7-3-4-8-26(25)21-34-28)32(39)36-17-15-33(16-18-36)22-37(41(2)40)30-10-6-5-9-27(30)33/h3-14,28-29,34H,15-22H2,1-2H3,(H,35,38)/t28-,29+,41?/m0/s1. The summed E-state index contributed by atoms with van der Waals surface area (Å²) in [4.78, 5) is 29.5. The monoisotopic (exact) mass is 570 g/mol. The van der Waals surface area contributed by atoms with E-state index in [-0.39, 0.29) is 23.3 Å². The molecule has 8 heteroatoms. The second kappa shape index (κ2) is 11.4. The number of nitrogens with zero attached hydrogens (tertiary/aromatic N) is 2. The van der Waals surface area contributed by atoms with E-state index >= 15 is 0 Å². The topological polar surface area (TPSA) is 81.8 Å². The molecular weight excluding hydrogens is 532 g/mol. The largest absolute Gasteiger partial charge is 0.343 e. The highest BCUT2D eigenvalue weighted by Crippen LogP contribution is 2.47. The molecule has 7 nitrogen and oxygen atoms in total. The molecule has 0 aromatic heterocycles. The lowest BCUT2D eigenvalue weighted by Crippen LogP contribution is -2.57. The number of fused-ring (bicyclic) bond motifs is 3. The Bertz CT molecular complexity index is 1470. The maximum Gasteiger partial charge on any atom is 0.245 e. The third kappa shape index (κ3) is 5.55. The van der Waals surface area contributed by atoms with Gasteiger partial charge in [0.2, 0.25) is 11.8 Å². The highest BCUT2D eigenvalue weighted by Gasteiger charge is 2.46. The van der Waals surface area contributed by atoms with Crippen LogP contribution in [0.25, 0.3) is 0 Å². The van der Waals surface area contributed by atoms with Gasteiger partial charge in [-0.25, -0.2) is 4.21 Å². The molecule has 3 aliphatic rings. The minimum atomic E-state index is -1.10. The number of likely N-dealkylation sites (tertiary alicyclic amines) is 1. The lowest BCUT2D eigenvalue weighted by molar-refractivity contribution is -0.138. The van der Waals surface area contributed by atoms with Crippen molar-refractivity contribution in [3.05, 3.63) is 101 Å². The first-order chi connectivity index (χ1) is 19.8. The zero-order valence-electron chi connectivity index (χ0n) is 23.8. The van der Waals surface area contributed by atoms with E-state index in [1.54, 1.807) is 6.26 Å². The van der Waals surface area contributed by atoms with Crippen LogP contribution in [0.5, 0.6) is 0 Å². The SMILES string of the molecule is Cc1ccc(C[C@@H](NC(=O)[C@@H]2Cc3ccccc3CN2)C(=O)N2CCC3(CC2)CN(S(C)=O)c2ccccc23)cc1. The molecule has 0 radical (unpaired) electrons. The molecule has 3 aromatic carbocycles. The maximum atomic E-state index is 14.0. The molecule has 2 amide bonds. The van der Waals surface area contributed by atoms with Gasteiger partial charge in [0, 0.05) is 44.3 Å². The van der Waals surface area contributed by atoms with Crippen molar-refractivity contribution in [3.63, 3.8) is 0 Å². The Morgan fingerprint density at radius 2 is 1.68 bits per heavy atom. The van der Waals surface area contributed by atoms with Crippen LogP contribution in [0.15, 0.2) is 72.8 Å². The highest BCUT2D eigenvalue weighted by molar-refractivity contribution is 7.85. The Hall–Kier alpha value is -3.49. The van der Waals surface area contributed by atoms with Gasteiger partial charge in [0.15, 0.2) is 0 Å². The van der Waals surface area contributed by atoms with Gasteiger partial charge in [-0.15, -0.1) is 0 Å². The molecule has 3 atom stereocenters. The van der Waals surface area contributed by atoms with E-state index in [1.165, 1.54) is 16.7 Å². The fraction of sp³-hybridized carbons (Fsp3) is 0.394. The van der Waals surface area contributed by atoms with Gasteiger partial charge >= 0.3 is 0 Å². The molecule has 0 aliphatic carbocycles. The Labute approximate surface area is 244 Å². The van der Waals surface area contributed by atoms with E-state index in [1.807, 2.05) is 70.7 Å². The van der Waals surface area contributed by atoms with Gasteiger partial charge in [-0.05, 0) is 54.5 Å². The van der Waals surface area contributed by atoms with Crippen LogP contribution in [0.2, 0.25) is 0 Å². The highest BCUT2D eigenvalue weighted by atomic mass is 32.2. The van der Waals surface area contributed by atoms with E-state index < -0.39 is 17.0 Å². The first kappa shape index (κ1) is 27.7. The van der Waals surface area contributed by atoms with E-state index in [0.29, 0.717) is 39.0 Å². The van der Waals surface area contributed by atoms with Gasteiger partial charge in [0.1, 0.15) is 17.0 Å². The average molecular weight is 571 g/mol. The van der Waals surface area contributed by atoms with Crippen molar-refractivity contribution in [1.82, 2.24) is 15.5 Å². The summed E-state index contributed by atoms with van der Waals surface area (Å²) in [6.45, 7) is 4.59. The number of para-hydroxylation sites is 1. The number of rotatable bonds is 6. The second-order valence-electron chi connectivity index (χ2n) is 11.7. The van der Waals surface area contributed by atoms with Gasteiger partial charge in [-0.2, -0.15) is 0 Å². The Kier molecular flexibility index (Phi) is 7.70. The summed E-state index contributed by atoms with van der Waals surface area (Å²) in [6.07, 6.45) is 4.38. The number of hydrogen-bond acceptors (Lipinski definition) is 4. The lowest BCUT2D eigenvalue weighted by atomic mass is 9.74. The molecule has 3 aromatic rings. The van der Waals surface area contributed by atoms with Crippen LogP contribution in [-0.4, -0.2) is 58.9 Å². The summed E-state index contributed by atoms with van der Waals surface area (Å²) < 4.78 is 14.5. The molecule has 41 heavy (non-hydrogen) atoms. The summed E-state index contributed by atoms with van der Waals surface area (Å²) in [5.74, 6) is -0.170. The maximum absolute atomic E-state index is 14.0. The molecule has 0 bridgehead atoms. The molecule has 6 rings (SSSR count). The third-order valence-corrected chi connectivity index (χ3v) is 10.1. The molecular formula is C33H38N4O3S. The first-order valence-electron chi connectivity index (χ1n) is 14.5. The summed E-state index contributed by atoms with van der Waals surface area (Å²) in [7, 11) is -1.10. The molecule has 3 heterocycles. The quantitative estimate of drug-likeness (QED) is 0.476. The number of amides is 2. The minimum Gasteiger partial charge on any atom is -0.343 e. The van der Waals surface area contributed by atoms with E-state index in [4.69, 9.17) is 0 Å². The zero-order valence-corrected chi connectivity index (χ0v) is 24.6. The van der Waals surface area contributed by atoms with Gasteiger partial charge in [0.25, 0.3) is 0 Å². The van der Waals surface area contributed by atoms with Gasteiger partial charge in [-0.3, -0.25) is 13.9 Å². The van der Waals surface area contributed by atoms with Crippen LogP contribution in [-0.2, 0) is 45.4 Å². The predicted octanol–water partition coefficient (Wildman–Crippen LogP) is 3.41.